The van der Waals surface area contributed by atoms with E-state index >= 15 is 0 Å². The summed E-state index contributed by atoms with van der Waals surface area (Å²) in [7, 11) is 0. The molecule has 0 bridgehead atoms. The molecule has 0 fully saturated rings. The molecular weight excluding hydrogens is 292 g/mol. The predicted molar refractivity (Wildman–Crippen MR) is 74.2 cm³/mol. The fourth-order valence-corrected chi connectivity index (χ4v) is 2.03. The Morgan fingerprint density at radius 1 is 1.27 bits per heavy atom. The number of hydrogen-bond acceptors (Lipinski definition) is 4. The fourth-order valence-electron chi connectivity index (χ4n) is 2.03. The Bertz CT molecular complexity index is 826. The molecule has 22 heavy (non-hydrogen) atoms. The van der Waals surface area contributed by atoms with Crippen LogP contribution in [0, 0.1) is 17.0 Å². The van der Waals surface area contributed by atoms with Crippen LogP contribution in [0.3, 0.4) is 0 Å². The number of rotatable bonds is 4. The highest BCUT2D eigenvalue weighted by Crippen LogP contribution is 2.21. The largest absolute Gasteiger partial charge is 0.382 e. The van der Waals surface area contributed by atoms with Gasteiger partial charge in [0.05, 0.1) is 12.2 Å². The van der Waals surface area contributed by atoms with Crippen molar-refractivity contribution in [2.24, 2.45) is 5.73 Å². The summed E-state index contributed by atoms with van der Waals surface area (Å²) < 4.78 is 33.0. The molecule has 0 saturated carbocycles. The fraction of sp³-hybridized carbons (Fsp3) is 0.0714. The average molecular weight is 303 g/mol. The smallest absolute Gasteiger partial charge is 0.143 e. The van der Waals surface area contributed by atoms with Crippen LogP contribution in [-0.2, 0) is 6.54 Å². The minimum absolute atomic E-state index is 0.0432. The molecular formula is C14H11F2N5O. The van der Waals surface area contributed by atoms with E-state index in [1.165, 1.54) is 23.1 Å². The number of hydrogen-bond donors (Lipinski definition) is 2. The first-order valence-corrected chi connectivity index (χ1v) is 6.31. The van der Waals surface area contributed by atoms with Crippen LogP contribution in [0.15, 0.2) is 41.1 Å². The van der Waals surface area contributed by atoms with Crippen molar-refractivity contribution in [3.63, 3.8) is 0 Å². The van der Waals surface area contributed by atoms with Crippen LogP contribution < -0.4 is 5.73 Å². The molecule has 0 aliphatic heterocycles. The second-order valence-electron chi connectivity index (χ2n) is 4.61. The Kier molecular flexibility index (Phi) is 3.42. The van der Waals surface area contributed by atoms with E-state index in [0.717, 1.165) is 6.07 Å². The maximum atomic E-state index is 13.8. The first kappa shape index (κ1) is 13.9. The number of aromatic nitrogens is 3. The van der Waals surface area contributed by atoms with E-state index in [0.29, 0.717) is 11.4 Å². The summed E-state index contributed by atoms with van der Waals surface area (Å²) in [6, 6.07) is 6.48. The third kappa shape index (κ3) is 2.58. The number of nitrogens with one attached hydrogen (secondary N) is 1. The molecule has 2 aromatic heterocycles. The number of amidine groups is 1. The highest BCUT2D eigenvalue weighted by molar-refractivity contribution is 5.94. The highest BCUT2D eigenvalue weighted by Gasteiger charge is 2.15. The molecule has 1 aromatic carbocycles. The lowest BCUT2D eigenvalue weighted by Gasteiger charge is -2.07. The Morgan fingerprint density at radius 2 is 2.09 bits per heavy atom. The predicted octanol–water partition coefficient (Wildman–Crippen LogP) is 2.15. The quantitative estimate of drug-likeness (QED) is 0.570. The van der Waals surface area contributed by atoms with Gasteiger partial charge in [-0.15, -0.1) is 0 Å². The Balaban J connectivity index is 2.04. The molecule has 3 N–H and O–H groups in total. The van der Waals surface area contributed by atoms with Crippen molar-refractivity contribution < 1.29 is 13.3 Å². The standard InChI is InChI=1S/C14H11F2N5O/c15-9-2-1-8(10(16)5-9)7-21-13(11-3-4-22-20-11)6-12(19-21)14(17)18/h1-6H,7H2,(H3,17,18). The number of nitrogen functional groups attached to an aromatic ring is 1. The van der Waals surface area contributed by atoms with Crippen LogP contribution >= 0.6 is 0 Å². The molecule has 3 rings (SSSR count). The van der Waals surface area contributed by atoms with Crippen molar-refractivity contribution in [1.29, 1.82) is 5.41 Å². The normalized spacial score (nSPS) is 10.8. The van der Waals surface area contributed by atoms with E-state index in [1.807, 2.05) is 0 Å². The summed E-state index contributed by atoms with van der Waals surface area (Å²) in [5.74, 6) is -1.54. The summed E-state index contributed by atoms with van der Waals surface area (Å²) in [4.78, 5) is 0. The van der Waals surface area contributed by atoms with E-state index in [9.17, 15) is 8.78 Å². The average Bonchev–Trinajstić information content (AvgIpc) is 3.10. The second kappa shape index (κ2) is 5.40. The van der Waals surface area contributed by atoms with E-state index in [1.54, 1.807) is 12.1 Å². The van der Waals surface area contributed by atoms with Gasteiger partial charge in [-0.2, -0.15) is 5.10 Å². The maximum absolute atomic E-state index is 13.8. The zero-order valence-corrected chi connectivity index (χ0v) is 11.3. The minimum Gasteiger partial charge on any atom is -0.382 e. The highest BCUT2D eigenvalue weighted by atomic mass is 19.1. The van der Waals surface area contributed by atoms with Gasteiger partial charge in [-0.1, -0.05) is 11.2 Å². The van der Waals surface area contributed by atoms with Gasteiger partial charge in [0.25, 0.3) is 0 Å². The van der Waals surface area contributed by atoms with Crippen LogP contribution in [0.25, 0.3) is 11.4 Å². The van der Waals surface area contributed by atoms with Crippen molar-refractivity contribution in [2.45, 2.75) is 6.54 Å². The summed E-state index contributed by atoms with van der Waals surface area (Å²) in [5, 5.41) is 15.4. The van der Waals surface area contributed by atoms with E-state index < -0.39 is 11.6 Å². The number of benzene rings is 1. The van der Waals surface area contributed by atoms with Gasteiger partial charge in [-0.25, -0.2) is 8.78 Å². The minimum atomic E-state index is -0.675. The molecule has 0 amide bonds. The molecule has 0 aliphatic carbocycles. The van der Waals surface area contributed by atoms with Gasteiger partial charge in [0.15, 0.2) is 0 Å². The maximum Gasteiger partial charge on any atom is 0.143 e. The van der Waals surface area contributed by atoms with Crippen LogP contribution in [-0.4, -0.2) is 20.8 Å². The van der Waals surface area contributed by atoms with Gasteiger partial charge < -0.3 is 10.3 Å². The van der Waals surface area contributed by atoms with Crippen LogP contribution in [0.2, 0.25) is 0 Å². The Labute approximate surface area is 123 Å². The molecule has 0 aliphatic rings. The van der Waals surface area contributed by atoms with Crippen molar-refractivity contribution in [2.75, 3.05) is 0 Å². The molecule has 0 radical (unpaired) electrons. The van der Waals surface area contributed by atoms with Crippen LogP contribution in [0.4, 0.5) is 8.78 Å². The third-order valence-electron chi connectivity index (χ3n) is 3.09. The van der Waals surface area contributed by atoms with Gasteiger partial charge in [0.1, 0.15) is 35.1 Å². The van der Waals surface area contributed by atoms with E-state index in [4.69, 9.17) is 15.7 Å². The van der Waals surface area contributed by atoms with E-state index in [2.05, 4.69) is 10.3 Å². The molecule has 3 aromatic rings. The van der Waals surface area contributed by atoms with Gasteiger partial charge in [-0.3, -0.25) is 10.1 Å². The van der Waals surface area contributed by atoms with Crippen LogP contribution in [0.5, 0.6) is 0 Å². The molecule has 112 valence electrons. The zero-order valence-electron chi connectivity index (χ0n) is 11.3. The van der Waals surface area contributed by atoms with Crippen LogP contribution in [0.1, 0.15) is 11.3 Å². The van der Waals surface area contributed by atoms with Crippen molar-refractivity contribution >= 4 is 5.84 Å². The number of nitrogens with two attached hydrogens (primary N) is 1. The summed E-state index contributed by atoms with van der Waals surface area (Å²) >= 11 is 0. The molecule has 6 nitrogen and oxygen atoms in total. The molecule has 8 heteroatoms. The Hall–Kier alpha value is -3.03. The van der Waals surface area contributed by atoms with E-state index in [-0.39, 0.29) is 23.6 Å². The van der Waals surface area contributed by atoms with Crippen molar-refractivity contribution in [1.82, 2.24) is 14.9 Å². The van der Waals surface area contributed by atoms with Gasteiger partial charge in [0.2, 0.25) is 0 Å². The van der Waals surface area contributed by atoms with Crippen molar-refractivity contribution in [3.8, 4) is 11.4 Å². The monoisotopic (exact) mass is 303 g/mol. The number of halogens is 2. The summed E-state index contributed by atoms with van der Waals surface area (Å²) in [6.45, 7) is 0.0432. The van der Waals surface area contributed by atoms with Crippen molar-refractivity contribution in [3.05, 3.63) is 59.5 Å². The lowest BCUT2D eigenvalue weighted by Crippen LogP contribution is -2.13. The molecule has 2 heterocycles. The first-order chi connectivity index (χ1) is 10.5. The Morgan fingerprint density at radius 3 is 2.73 bits per heavy atom. The van der Waals surface area contributed by atoms with Gasteiger partial charge >= 0.3 is 0 Å². The molecule has 0 atom stereocenters. The first-order valence-electron chi connectivity index (χ1n) is 6.31. The SMILES string of the molecule is N=C(N)c1cc(-c2ccon2)n(Cc2ccc(F)cc2F)n1. The van der Waals surface area contributed by atoms with Gasteiger partial charge in [-0.05, 0) is 12.1 Å². The van der Waals surface area contributed by atoms with Gasteiger partial charge in [0, 0.05) is 17.7 Å². The summed E-state index contributed by atoms with van der Waals surface area (Å²) in [6.07, 6.45) is 1.39. The zero-order chi connectivity index (χ0) is 15.7. The molecule has 0 unspecified atom stereocenters. The third-order valence-corrected chi connectivity index (χ3v) is 3.09. The second-order valence-corrected chi connectivity index (χ2v) is 4.61. The number of nitrogens with zero attached hydrogens (tertiary/aromatic N) is 3. The molecule has 0 spiro atoms. The molecule has 0 saturated heterocycles. The lowest BCUT2D eigenvalue weighted by molar-refractivity contribution is 0.421. The summed E-state index contributed by atoms with van der Waals surface area (Å²) in [5.41, 5.74) is 6.91. The topological polar surface area (TPSA) is 93.7 Å². The lowest BCUT2D eigenvalue weighted by atomic mass is 10.2.